The lowest BCUT2D eigenvalue weighted by atomic mass is 10.2. The largest absolute Gasteiger partial charge is 0.465 e. The lowest BCUT2D eigenvalue weighted by Crippen LogP contribution is -2.25. The van der Waals surface area contributed by atoms with Crippen LogP contribution in [0.2, 0.25) is 0 Å². The first-order valence-corrected chi connectivity index (χ1v) is 8.12. The van der Waals surface area contributed by atoms with Crippen molar-refractivity contribution in [2.75, 3.05) is 6.61 Å². The molecule has 21 heavy (non-hydrogen) atoms. The van der Waals surface area contributed by atoms with Gasteiger partial charge in [-0.15, -0.1) is 22.7 Å². The van der Waals surface area contributed by atoms with Crippen molar-refractivity contribution >= 4 is 38.9 Å². The van der Waals surface area contributed by atoms with E-state index in [0.717, 1.165) is 10.4 Å². The quantitative estimate of drug-likeness (QED) is 0.694. The summed E-state index contributed by atoms with van der Waals surface area (Å²) in [4.78, 5) is 30.1. The second-order valence-electron chi connectivity index (χ2n) is 4.29. The number of esters is 1. The van der Waals surface area contributed by atoms with Crippen molar-refractivity contribution in [3.05, 3.63) is 39.6 Å². The number of thiophene rings is 2. The normalized spacial score (nSPS) is 10.9. The average Bonchev–Trinajstić information content (AvgIpc) is 3.10. The standard InChI is InChI=1S/C14H12N2O3S2/c1-2-19-11(17)6-16-8-15-13-12(14(16)18)9(7-21-13)10-4-3-5-20-10/h3-5,7-8H,2,6H2,1H3. The van der Waals surface area contributed by atoms with Gasteiger partial charge in [0.1, 0.15) is 11.4 Å². The number of fused-ring (bicyclic) bond motifs is 1. The zero-order valence-corrected chi connectivity index (χ0v) is 12.9. The summed E-state index contributed by atoms with van der Waals surface area (Å²) in [6.45, 7) is 1.91. The minimum atomic E-state index is -0.436. The lowest BCUT2D eigenvalue weighted by molar-refractivity contribution is -0.143. The first kappa shape index (κ1) is 14.0. The summed E-state index contributed by atoms with van der Waals surface area (Å²) in [5, 5.41) is 4.46. The highest BCUT2D eigenvalue weighted by atomic mass is 32.1. The predicted molar refractivity (Wildman–Crippen MR) is 83.8 cm³/mol. The van der Waals surface area contributed by atoms with Crippen molar-refractivity contribution in [3.8, 4) is 10.4 Å². The highest BCUT2D eigenvalue weighted by Crippen LogP contribution is 2.33. The second kappa shape index (κ2) is 5.79. The number of rotatable bonds is 4. The molecule has 108 valence electrons. The highest BCUT2D eigenvalue weighted by molar-refractivity contribution is 7.18. The average molecular weight is 320 g/mol. The number of carbonyl (C=O) groups excluding carboxylic acids is 1. The van der Waals surface area contributed by atoms with Gasteiger partial charge in [-0.25, -0.2) is 4.98 Å². The topological polar surface area (TPSA) is 61.2 Å². The van der Waals surface area contributed by atoms with Crippen molar-refractivity contribution in [2.24, 2.45) is 0 Å². The fourth-order valence-electron chi connectivity index (χ4n) is 2.04. The Balaban J connectivity index is 2.09. The van der Waals surface area contributed by atoms with E-state index in [0.29, 0.717) is 16.8 Å². The van der Waals surface area contributed by atoms with E-state index in [1.807, 2.05) is 22.9 Å². The maximum Gasteiger partial charge on any atom is 0.326 e. The van der Waals surface area contributed by atoms with Gasteiger partial charge in [-0.2, -0.15) is 0 Å². The van der Waals surface area contributed by atoms with Gasteiger partial charge in [-0.3, -0.25) is 14.2 Å². The molecule has 0 amide bonds. The molecule has 0 saturated heterocycles. The van der Waals surface area contributed by atoms with Gasteiger partial charge >= 0.3 is 5.97 Å². The SMILES string of the molecule is CCOC(=O)Cn1cnc2scc(-c3cccs3)c2c1=O. The van der Waals surface area contributed by atoms with Gasteiger partial charge in [-0.1, -0.05) is 6.07 Å². The fourth-order valence-corrected chi connectivity index (χ4v) is 3.76. The molecule has 0 aliphatic rings. The predicted octanol–water partition coefficient (Wildman–Crippen LogP) is 2.75. The van der Waals surface area contributed by atoms with Gasteiger partial charge in [0.2, 0.25) is 0 Å². The van der Waals surface area contributed by atoms with Crippen LogP contribution in [0.4, 0.5) is 0 Å². The summed E-state index contributed by atoms with van der Waals surface area (Å²) >= 11 is 3.00. The summed E-state index contributed by atoms with van der Waals surface area (Å²) in [5.41, 5.74) is 0.665. The summed E-state index contributed by atoms with van der Waals surface area (Å²) in [6, 6.07) is 3.91. The van der Waals surface area contributed by atoms with E-state index < -0.39 is 5.97 Å². The molecule has 0 saturated carbocycles. The van der Waals surface area contributed by atoms with E-state index >= 15 is 0 Å². The van der Waals surface area contributed by atoms with E-state index in [-0.39, 0.29) is 12.1 Å². The number of hydrogen-bond acceptors (Lipinski definition) is 6. The van der Waals surface area contributed by atoms with Gasteiger partial charge in [0.25, 0.3) is 5.56 Å². The van der Waals surface area contributed by atoms with E-state index in [4.69, 9.17) is 4.74 Å². The van der Waals surface area contributed by atoms with Crippen molar-refractivity contribution in [2.45, 2.75) is 13.5 Å². The minimum Gasteiger partial charge on any atom is -0.465 e. The molecule has 0 aliphatic carbocycles. The second-order valence-corrected chi connectivity index (χ2v) is 6.10. The van der Waals surface area contributed by atoms with Crippen LogP contribution in [0.3, 0.4) is 0 Å². The van der Waals surface area contributed by atoms with Crippen molar-refractivity contribution in [3.63, 3.8) is 0 Å². The maximum atomic E-state index is 12.6. The Labute approximate surface area is 128 Å². The van der Waals surface area contributed by atoms with Crippen LogP contribution in [0.15, 0.2) is 34.0 Å². The molecule has 7 heteroatoms. The fraction of sp³-hybridized carbons (Fsp3) is 0.214. The summed E-state index contributed by atoms with van der Waals surface area (Å²) in [6.07, 6.45) is 1.40. The van der Waals surface area contributed by atoms with Gasteiger partial charge in [0.15, 0.2) is 0 Å². The summed E-state index contributed by atoms with van der Waals surface area (Å²) < 4.78 is 6.17. The number of hydrogen-bond donors (Lipinski definition) is 0. The minimum absolute atomic E-state index is 0.116. The molecule has 0 bridgehead atoms. The van der Waals surface area contributed by atoms with E-state index in [9.17, 15) is 9.59 Å². The first-order valence-electron chi connectivity index (χ1n) is 6.37. The molecule has 0 aliphatic heterocycles. The van der Waals surface area contributed by atoms with E-state index in [2.05, 4.69) is 4.98 Å². The molecule has 0 aromatic carbocycles. The van der Waals surface area contributed by atoms with Crippen LogP contribution in [0.5, 0.6) is 0 Å². The van der Waals surface area contributed by atoms with Crippen LogP contribution < -0.4 is 5.56 Å². The smallest absolute Gasteiger partial charge is 0.326 e. The van der Waals surface area contributed by atoms with Gasteiger partial charge in [0.05, 0.1) is 18.3 Å². The molecule has 3 heterocycles. The monoisotopic (exact) mass is 320 g/mol. The van der Waals surface area contributed by atoms with Gasteiger partial charge < -0.3 is 4.74 Å². The maximum absolute atomic E-state index is 12.6. The first-order chi connectivity index (χ1) is 10.2. The Morgan fingerprint density at radius 3 is 3.00 bits per heavy atom. The summed E-state index contributed by atoms with van der Waals surface area (Å²) in [7, 11) is 0. The lowest BCUT2D eigenvalue weighted by Gasteiger charge is -2.05. The molecule has 0 spiro atoms. The van der Waals surface area contributed by atoms with Crippen LogP contribution in [-0.2, 0) is 16.1 Å². The third-order valence-corrected chi connectivity index (χ3v) is 4.74. The molecular formula is C14H12N2O3S2. The number of ether oxygens (including phenoxy) is 1. The number of aromatic nitrogens is 2. The Kier molecular flexibility index (Phi) is 3.85. The molecule has 0 atom stereocenters. The van der Waals surface area contributed by atoms with Gasteiger partial charge in [0, 0.05) is 15.8 Å². The zero-order chi connectivity index (χ0) is 14.8. The number of carbonyl (C=O) groups is 1. The summed E-state index contributed by atoms with van der Waals surface area (Å²) in [5.74, 6) is -0.436. The Morgan fingerprint density at radius 1 is 1.43 bits per heavy atom. The molecule has 3 aromatic heterocycles. The molecule has 0 N–H and O–H groups in total. The van der Waals surface area contributed by atoms with Crippen LogP contribution >= 0.6 is 22.7 Å². The van der Waals surface area contributed by atoms with E-state index in [1.165, 1.54) is 22.2 Å². The molecule has 3 rings (SSSR count). The van der Waals surface area contributed by atoms with Crippen molar-refractivity contribution < 1.29 is 9.53 Å². The molecule has 0 unspecified atom stereocenters. The van der Waals surface area contributed by atoms with Gasteiger partial charge in [-0.05, 0) is 18.4 Å². The molecule has 0 radical (unpaired) electrons. The highest BCUT2D eigenvalue weighted by Gasteiger charge is 2.15. The van der Waals surface area contributed by atoms with E-state index in [1.54, 1.807) is 18.3 Å². The third-order valence-electron chi connectivity index (χ3n) is 2.95. The number of nitrogens with zero attached hydrogens (tertiary/aromatic N) is 2. The van der Waals surface area contributed by atoms with Crippen LogP contribution in [0, 0.1) is 0 Å². The molecule has 0 fully saturated rings. The third kappa shape index (κ3) is 2.62. The van der Waals surface area contributed by atoms with Crippen LogP contribution in [-0.4, -0.2) is 22.1 Å². The van der Waals surface area contributed by atoms with Crippen molar-refractivity contribution in [1.82, 2.24) is 9.55 Å². The van der Waals surface area contributed by atoms with Crippen LogP contribution in [0.1, 0.15) is 6.92 Å². The molecular weight excluding hydrogens is 308 g/mol. The molecule has 5 nitrogen and oxygen atoms in total. The molecule has 3 aromatic rings. The van der Waals surface area contributed by atoms with Crippen molar-refractivity contribution in [1.29, 1.82) is 0 Å². The Hall–Kier alpha value is -1.99. The van der Waals surface area contributed by atoms with Crippen LogP contribution in [0.25, 0.3) is 20.7 Å². The Bertz CT molecular complexity index is 834. The zero-order valence-electron chi connectivity index (χ0n) is 11.2. The Morgan fingerprint density at radius 2 is 2.29 bits per heavy atom.